The highest BCUT2D eigenvalue weighted by Crippen LogP contribution is 2.20. The van der Waals surface area contributed by atoms with Gasteiger partial charge >= 0.3 is 0 Å². The molecule has 1 fully saturated rings. The molecule has 2 rings (SSSR count). The van der Waals surface area contributed by atoms with Gasteiger partial charge < -0.3 is 15.0 Å². The first-order valence-electron chi connectivity index (χ1n) is 5.03. The number of fused-ring (bicyclic) bond motifs is 1. The van der Waals surface area contributed by atoms with E-state index in [0.717, 1.165) is 32.2 Å². The summed E-state index contributed by atoms with van der Waals surface area (Å²) in [6.07, 6.45) is 0. The van der Waals surface area contributed by atoms with Crippen LogP contribution in [0.1, 0.15) is 0 Å². The molecule has 15 heavy (non-hydrogen) atoms. The molecule has 2 heterocycles. The van der Waals surface area contributed by atoms with Crippen molar-refractivity contribution in [2.45, 2.75) is 6.04 Å². The molecule has 1 atom stereocenters. The Morgan fingerprint density at radius 1 is 1.67 bits per heavy atom. The largest absolute Gasteiger partial charge is 0.383 e. The summed E-state index contributed by atoms with van der Waals surface area (Å²) in [6.45, 7) is 3.69. The van der Waals surface area contributed by atoms with E-state index in [2.05, 4.69) is 15.2 Å². The van der Waals surface area contributed by atoms with Crippen LogP contribution in [0.25, 0.3) is 0 Å². The van der Waals surface area contributed by atoms with Crippen LogP contribution in [0.15, 0.2) is 4.99 Å². The van der Waals surface area contributed by atoms with Gasteiger partial charge in [0.25, 0.3) is 0 Å². The normalized spacial score (nSPS) is 24.2. The van der Waals surface area contributed by atoms with Crippen LogP contribution in [-0.4, -0.2) is 61.8 Å². The van der Waals surface area contributed by atoms with Gasteiger partial charge in [-0.3, -0.25) is 4.99 Å². The van der Waals surface area contributed by atoms with E-state index in [-0.39, 0.29) is 24.0 Å². The molecule has 1 unspecified atom stereocenters. The van der Waals surface area contributed by atoms with E-state index in [9.17, 15) is 0 Å². The highest BCUT2D eigenvalue weighted by molar-refractivity contribution is 14.0. The maximum absolute atomic E-state index is 5.00. The third-order valence-corrected chi connectivity index (χ3v) is 3.63. The van der Waals surface area contributed by atoms with Gasteiger partial charge in [0.15, 0.2) is 5.96 Å². The van der Waals surface area contributed by atoms with E-state index in [0.29, 0.717) is 6.04 Å². The molecular weight excluding hydrogens is 325 g/mol. The Labute approximate surface area is 112 Å². The Kier molecular flexibility index (Phi) is 6.06. The molecule has 0 aromatic heterocycles. The monoisotopic (exact) mass is 343 g/mol. The smallest absolute Gasteiger partial charge is 0.194 e. The second-order valence-electron chi connectivity index (χ2n) is 3.51. The van der Waals surface area contributed by atoms with E-state index in [1.807, 2.05) is 11.8 Å². The van der Waals surface area contributed by atoms with Crippen molar-refractivity contribution in [2.24, 2.45) is 4.99 Å². The fraction of sp³-hybridized carbons (Fsp3) is 0.889. The number of hydrogen-bond donors (Lipinski definition) is 1. The van der Waals surface area contributed by atoms with Crippen molar-refractivity contribution >= 4 is 41.7 Å². The van der Waals surface area contributed by atoms with Gasteiger partial charge in [-0.25, -0.2) is 0 Å². The van der Waals surface area contributed by atoms with Crippen LogP contribution in [0.3, 0.4) is 0 Å². The van der Waals surface area contributed by atoms with E-state index in [4.69, 9.17) is 4.74 Å². The zero-order valence-electron chi connectivity index (χ0n) is 8.94. The van der Waals surface area contributed by atoms with E-state index in [1.165, 1.54) is 11.5 Å². The van der Waals surface area contributed by atoms with Gasteiger partial charge in [0.05, 0.1) is 19.2 Å². The molecule has 0 spiro atoms. The molecule has 88 valence electrons. The molecule has 0 aromatic rings. The fourth-order valence-corrected chi connectivity index (χ4v) is 2.84. The lowest BCUT2D eigenvalue weighted by molar-refractivity contribution is 0.202. The average Bonchev–Trinajstić information content (AvgIpc) is 2.63. The van der Waals surface area contributed by atoms with Gasteiger partial charge in [-0.15, -0.1) is 24.0 Å². The molecule has 0 bridgehead atoms. The summed E-state index contributed by atoms with van der Waals surface area (Å²) in [4.78, 5) is 6.91. The van der Waals surface area contributed by atoms with Crippen LogP contribution in [0.4, 0.5) is 0 Å². The molecular formula is C9H18IN3OS. The van der Waals surface area contributed by atoms with E-state index in [1.54, 1.807) is 7.11 Å². The molecule has 1 N–H and O–H groups in total. The Morgan fingerprint density at radius 2 is 2.53 bits per heavy atom. The van der Waals surface area contributed by atoms with Crippen LogP contribution in [-0.2, 0) is 4.74 Å². The minimum Gasteiger partial charge on any atom is -0.383 e. The summed E-state index contributed by atoms with van der Waals surface area (Å²) >= 11 is 2.03. The Morgan fingerprint density at radius 3 is 3.33 bits per heavy atom. The zero-order chi connectivity index (χ0) is 9.80. The summed E-state index contributed by atoms with van der Waals surface area (Å²) in [6, 6.07) is 0.638. The summed E-state index contributed by atoms with van der Waals surface area (Å²) < 4.78 is 5.00. The van der Waals surface area contributed by atoms with Crippen LogP contribution < -0.4 is 5.32 Å². The number of halogens is 1. The first-order chi connectivity index (χ1) is 6.92. The van der Waals surface area contributed by atoms with Gasteiger partial charge in [-0.05, 0) is 0 Å². The van der Waals surface area contributed by atoms with Crippen molar-refractivity contribution in [2.75, 3.05) is 44.9 Å². The van der Waals surface area contributed by atoms with Gasteiger partial charge in [-0.1, -0.05) is 0 Å². The molecule has 0 aromatic carbocycles. The second kappa shape index (κ2) is 6.80. The van der Waals surface area contributed by atoms with Gasteiger partial charge in [0, 0.05) is 31.7 Å². The number of guanidine groups is 1. The zero-order valence-corrected chi connectivity index (χ0v) is 12.1. The summed E-state index contributed by atoms with van der Waals surface area (Å²) in [5.74, 6) is 3.52. The van der Waals surface area contributed by atoms with Crippen molar-refractivity contribution in [3.05, 3.63) is 0 Å². The lowest BCUT2D eigenvalue weighted by Gasteiger charge is -2.31. The first-order valence-corrected chi connectivity index (χ1v) is 6.19. The summed E-state index contributed by atoms with van der Waals surface area (Å²) in [5, 5.41) is 3.32. The maximum atomic E-state index is 5.00. The van der Waals surface area contributed by atoms with Gasteiger partial charge in [0.1, 0.15) is 0 Å². The predicted octanol–water partition coefficient (Wildman–Crippen LogP) is 0.627. The molecule has 2 aliphatic heterocycles. The highest BCUT2D eigenvalue weighted by atomic mass is 127. The topological polar surface area (TPSA) is 36.9 Å². The molecule has 6 heteroatoms. The highest BCUT2D eigenvalue weighted by Gasteiger charge is 2.29. The Bertz CT molecular complexity index is 227. The van der Waals surface area contributed by atoms with Crippen LogP contribution in [0.5, 0.6) is 0 Å². The summed E-state index contributed by atoms with van der Waals surface area (Å²) in [5.41, 5.74) is 0. The van der Waals surface area contributed by atoms with Crippen molar-refractivity contribution in [1.29, 1.82) is 0 Å². The number of nitrogens with zero attached hydrogens (tertiary/aromatic N) is 2. The lowest BCUT2D eigenvalue weighted by Crippen LogP contribution is -2.48. The number of ether oxygens (including phenoxy) is 1. The van der Waals surface area contributed by atoms with Crippen LogP contribution in [0.2, 0.25) is 0 Å². The number of aliphatic imine (C=N–C) groups is 1. The fourth-order valence-electron chi connectivity index (χ4n) is 1.79. The third kappa shape index (κ3) is 3.39. The molecule has 4 nitrogen and oxygen atoms in total. The third-order valence-electron chi connectivity index (χ3n) is 2.54. The molecule has 1 saturated heterocycles. The van der Waals surface area contributed by atoms with E-state index < -0.39 is 0 Å². The Balaban J connectivity index is 0.00000112. The molecule has 0 amide bonds. The SMILES string of the molecule is COCCNC1=NCC2CSCCN12.I. The number of methoxy groups -OCH3 is 1. The van der Waals surface area contributed by atoms with Gasteiger partial charge in [-0.2, -0.15) is 11.8 Å². The minimum absolute atomic E-state index is 0. The van der Waals surface area contributed by atoms with E-state index >= 15 is 0 Å². The molecule has 0 aliphatic carbocycles. The predicted molar refractivity (Wildman–Crippen MR) is 75.4 cm³/mol. The van der Waals surface area contributed by atoms with Crippen molar-refractivity contribution < 1.29 is 4.74 Å². The standard InChI is InChI=1S/C9H17N3OS.HI/c1-13-4-2-10-9-11-6-8-7-14-5-3-12(8)9;/h8H,2-7H2,1H3,(H,10,11);1H. The average molecular weight is 343 g/mol. The van der Waals surface area contributed by atoms with Crippen molar-refractivity contribution in [1.82, 2.24) is 10.2 Å². The lowest BCUT2D eigenvalue weighted by atomic mass is 10.3. The van der Waals surface area contributed by atoms with Gasteiger partial charge in [0.2, 0.25) is 0 Å². The second-order valence-corrected chi connectivity index (χ2v) is 4.66. The van der Waals surface area contributed by atoms with Crippen molar-refractivity contribution in [3.63, 3.8) is 0 Å². The summed E-state index contributed by atoms with van der Waals surface area (Å²) in [7, 11) is 1.72. The minimum atomic E-state index is 0. The molecule has 0 radical (unpaired) electrons. The quantitative estimate of drug-likeness (QED) is 0.603. The molecule has 2 aliphatic rings. The Hall–Kier alpha value is 0.310. The number of rotatable bonds is 3. The number of nitrogens with one attached hydrogen (secondary N) is 1. The molecule has 0 saturated carbocycles. The maximum Gasteiger partial charge on any atom is 0.194 e. The van der Waals surface area contributed by atoms with Crippen LogP contribution in [0, 0.1) is 0 Å². The van der Waals surface area contributed by atoms with Crippen LogP contribution >= 0.6 is 35.7 Å². The first kappa shape index (κ1) is 13.4. The van der Waals surface area contributed by atoms with Crippen molar-refractivity contribution in [3.8, 4) is 0 Å². The number of hydrogen-bond acceptors (Lipinski definition) is 5. The number of thioether (sulfide) groups is 1.